The van der Waals surface area contributed by atoms with E-state index < -0.39 is 0 Å². The zero-order valence-electron chi connectivity index (χ0n) is 9.44. The second-order valence-corrected chi connectivity index (χ2v) is 4.09. The topological polar surface area (TPSA) is 39.1 Å². The molecule has 1 aliphatic rings. The Morgan fingerprint density at radius 1 is 1.67 bits per heavy atom. The van der Waals surface area contributed by atoms with E-state index in [-0.39, 0.29) is 0 Å². The van der Waals surface area contributed by atoms with Crippen LogP contribution >= 0.6 is 0 Å². The molecule has 0 bridgehead atoms. The fourth-order valence-corrected chi connectivity index (χ4v) is 1.56. The first-order valence-electron chi connectivity index (χ1n) is 5.68. The molecule has 1 saturated carbocycles. The average molecular weight is 209 g/mol. The molecule has 0 saturated heterocycles. The van der Waals surface area contributed by atoms with Gasteiger partial charge in [0.15, 0.2) is 0 Å². The number of hydrogen-bond acceptors (Lipinski definition) is 3. The monoisotopic (exact) mass is 209 g/mol. The lowest BCUT2D eigenvalue weighted by molar-refractivity contribution is 0.119. The van der Waals surface area contributed by atoms with Crippen LogP contribution < -0.4 is 5.32 Å². The van der Waals surface area contributed by atoms with Crippen LogP contribution in [0.2, 0.25) is 0 Å². The number of nitrogens with one attached hydrogen (secondary N) is 1. The summed E-state index contributed by atoms with van der Waals surface area (Å²) < 4.78 is 7.57. The van der Waals surface area contributed by atoms with Crippen molar-refractivity contribution in [3.8, 4) is 0 Å². The Hall–Kier alpha value is -1.03. The van der Waals surface area contributed by atoms with Gasteiger partial charge < -0.3 is 14.6 Å². The van der Waals surface area contributed by atoms with E-state index in [1.54, 1.807) is 0 Å². The minimum Gasteiger partial charge on any atom is -0.380 e. The molecule has 0 amide bonds. The molecule has 1 atom stereocenters. The van der Waals surface area contributed by atoms with Crippen molar-refractivity contribution < 1.29 is 4.74 Å². The summed E-state index contributed by atoms with van der Waals surface area (Å²) in [6, 6.07) is 0.985. The Morgan fingerprint density at radius 2 is 2.47 bits per heavy atom. The van der Waals surface area contributed by atoms with Crippen LogP contribution in [-0.2, 0) is 4.74 Å². The lowest BCUT2D eigenvalue weighted by Gasteiger charge is -2.16. The smallest absolute Gasteiger partial charge is 0.203 e. The number of nitrogens with zero attached hydrogens (tertiary/aromatic N) is 2. The van der Waals surface area contributed by atoms with Crippen LogP contribution in [0.3, 0.4) is 0 Å². The highest BCUT2D eigenvalue weighted by Crippen LogP contribution is 2.25. The van der Waals surface area contributed by atoms with Gasteiger partial charge in [0.1, 0.15) is 0 Å². The van der Waals surface area contributed by atoms with Crippen LogP contribution in [0.15, 0.2) is 12.4 Å². The van der Waals surface area contributed by atoms with E-state index >= 15 is 0 Å². The van der Waals surface area contributed by atoms with E-state index in [2.05, 4.69) is 21.8 Å². The quantitative estimate of drug-likeness (QED) is 0.779. The maximum absolute atomic E-state index is 5.42. The highest BCUT2D eigenvalue weighted by Gasteiger charge is 2.23. The normalized spacial score (nSPS) is 17.7. The van der Waals surface area contributed by atoms with Gasteiger partial charge in [0.05, 0.1) is 12.6 Å². The first-order chi connectivity index (χ1) is 7.31. The molecule has 1 heterocycles. The summed E-state index contributed by atoms with van der Waals surface area (Å²) in [6.45, 7) is 5.68. The fraction of sp³-hybridized carbons (Fsp3) is 0.727. The molecule has 1 aromatic rings. The minimum absolute atomic E-state index is 0.341. The molecule has 1 aromatic heterocycles. The van der Waals surface area contributed by atoms with Gasteiger partial charge in [-0.05, 0) is 26.7 Å². The molecule has 2 rings (SSSR count). The molecule has 15 heavy (non-hydrogen) atoms. The Labute approximate surface area is 90.6 Å². The van der Waals surface area contributed by atoms with Crippen molar-refractivity contribution in [3.63, 3.8) is 0 Å². The van der Waals surface area contributed by atoms with Gasteiger partial charge in [-0.1, -0.05) is 0 Å². The molecule has 1 N–H and O–H groups in total. The van der Waals surface area contributed by atoms with Crippen LogP contribution in [0, 0.1) is 0 Å². The standard InChI is InChI=1S/C11H19N3O/c1-3-15-8-9(2)14-7-6-12-11(14)13-10-4-5-10/h6-7,9-10H,3-5,8H2,1-2H3,(H,12,13). The summed E-state index contributed by atoms with van der Waals surface area (Å²) in [5.74, 6) is 0.977. The summed E-state index contributed by atoms with van der Waals surface area (Å²) in [6.07, 6.45) is 6.39. The van der Waals surface area contributed by atoms with E-state index in [0.29, 0.717) is 12.1 Å². The third-order valence-electron chi connectivity index (χ3n) is 2.62. The molecule has 0 radical (unpaired) electrons. The zero-order valence-corrected chi connectivity index (χ0v) is 9.44. The van der Waals surface area contributed by atoms with Gasteiger partial charge in [0.2, 0.25) is 5.95 Å². The summed E-state index contributed by atoms with van der Waals surface area (Å²) >= 11 is 0. The van der Waals surface area contributed by atoms with Gasteiger partial charge in [-0.3, -0.25) is 0 Å². The van der Waals surface area contributed by atoms with Gasteiger partial charge >= 0.3 is 0 Å². The SMILES string of the molecule is CCOCC(C)n1ccnc1NC1CC1. The van der Waals surface area contributed by atoms with E-state index in [1.165, 1.54) is 12.8 Å². The number of anilines is 1. The van der Waals surface area contributed by atoms with Crippen molar-refractivity contribution in [2.24, 2.45) is 0 Å². The summed E-state index contributed by atoms with van der Waals surface area (Å²) in [5, 5.41) is 3.42. The Balaban J connectivity index is 1.95. The van der Waals surface area contributed by atoms with Gasteiger partial charge in [-0.2, -0.15) is 0 Å². The van der Waals surface area contributed by atoms with Gasteiger partial charge in [0.25, 0.3) is 0 Å². The number of imidazole rings is 1. The van der Waals surface area contributed by atoms with Crippen LogP contribution in [0.1, 0.15) is 32.7 Å². The Bertz CT molecular complexity index is 307. The van der Waals surface area contributed by atoms with Crippen LogP contribution in [0.25, 0.3) is 0 Å². The molecule has 84 valence electrons. The molecule has 1 fully saturated rings. The molecule has 0 spiro atoms. The lowest BCUT2D eigenvalue weighted by Crippen LogP contribution is -2.16. The first-order valence-corrected chi connectivity index (χ1v) is 5.68. The summed E-state index contributed by atoms with van der Waals surface area (Å²) in [7, 11) is 0. The summed E-state index contributed by atoms with van der Waals surface area (Å²) in [5.41, 5.74) is 0. The number of ether oxygens (including phenoxy) is 1. The van der Waals surface area contributed by atoms with Crippen molar-refractivity contribution in [1.29, 1.82) is 0 Å². The van der Waals surface area contributed by atoms with Crippen molar-refractivity contribution in [3.05, 3.63) is 12.4 Å². The highest BCUT2D eigenvalue weighted by atomic mass is 16.5. The zero-order chi connectivity index (χ0) is 10.7. The average Bonchev–Trinajstić information content (AvgIpc) is 2.91. The highest BCUT2D eigenvalue weighted by molar-refractivity contribution is 5.30. The van der Waals surface area contributed by atoms with E-state index in [0.717, 1.165) is 19.2 Å². The number of hydrogen-bond donors (Lipinski definition) is 1. The number of aromatic nitrogens is 2. The van der Waals surface area contributed by atoms with Crippen LogP contribution in [0.4, 0.5) is 5.95 Å². The second-order valence-electron chi connectivity index (χ2n) is 4.09. The van der Waals surface area contributed by atoms with Gasteiger partial charge in [0, 0.05) is 25.0 Å². The molecule has 1 unspecified atom stereocenters. The molecule has 1 aliphatic carbocycles. The maximum Gasteiger partial charge on any atom is 0.203 e. The lowest BCUT2D eigenvalue weighted by atomic mass is 10.3. The van der Waals surface area contributed by atoms with Crippen molar-refractivity contribution in [2.75, 3.05) is 18.5 Å². The Morgan fingerprint density at radius 3 is 3.13 bits per heavy atom. The molecule has 4 heteroatoms. The first kappa shape index (κ1) is 10.5. The van der Waals surface area contributed by atoms with E-state index in [4.69, 9.17) is 4.74 Å². The minimum atomic E-state index is 0.341. The van der Waals surface area contributed by atoms with Crippen LogP contribution in [0.5, 0.6) is 0 Å². The predicted molar refractivity (Wildman–Crippen MR) is 60.1 cm³/mol. The third-order valence-corrected chi connectivity index (χ3v) is 2.62. The van der Waals surface area contributed by atoms with Gasteiger partial charge in [-0.25, -0.2) is 4.98 Å². The maximum atomic E-state index is 5.42. The van der Waals surface area contributed by atoms with E-state index in [9.17, 15) is 0 Å². The van der Waals surface area contributed by atoms with Crippen molar-refractivity contribution in [2.45, 2.75) is 38.8 Å². The molecule has 4 nitrogen and oxygen atoms in total. The largest absolute Gasteiger partial charge is 0.380 e. The summed E-state index contributed by atoms with van der Waals surface area (Å²) in [4.78, 5) is 4.32. The molecular formula is C11H19N3O. The molecule has 0 aromatic carbocycles. The fourth-order valence-electron chi connectivity index (χ4n) is 1.56. The van der Waals surface area contributed by atoms with E-state index in [1.807, 2.05) is 19.3 Å². The van der Waals surface area contributed by atoms with Crippen LogP contribution in [-0.4, -0.2) is 28.8 Å². The second kappa shape index (κ2) is 4.66. The Kier molecular flexibility index (Phi) is 3.26. The van der Waals surface area contributed by atoms with Crippen molar-refractivity contribution >= 4 is 5.95 Å². The predicted octanol–water partition coefficient (Wildman–Crippen LogP) is 2.05. The number of rotatable bonds is 6. The third kappa shape index (κ3) is 2.72. The van der Waals surface area contributed by atoms with Crippen molar-refractivity contribution in [1.82, 2.24) is 9.55 Å². The molecule has 0 aliphatic heterocycles. The van der Waals surface area contributed by atoms with Gasteiger partial charge in [-0.15, -0.1) is 0 Å². The molecular weight excluding hydrogens is 190 g/mol.